The molecule has 0 spiro atoms. The number of rotatable bonds is 9. The fourth-order valence-corrected chi connectivity index (χ4v) is 6.90. The molecule has 0 radical (unpaired) electrons. The molecule has 3 aliphatic rings. The average molecular weight is 615 g/mol. The Balaban J connectivity index is 1.33. The molecule has 5 rings (SSSR count). The van der Waals surface area contributed by atoms with E-state index in [1.54, 1.807) is 4.90 Å². The van der Waals surface area contributed by atoms with Gasteiger partial charge in [0.15, 0.2) is 0 Å². The van der Waals surface area contributed by atoms with Gasteiger partial charge in [0, 0.05) is 70.3 Å². The second-order valence-electron chi connectivity index (χ2n) is 11.8. The van der Waals surface area contributed by atoms with Gasteiger partial charge in [-0.25, -0.2) is 4.79 Å². The van der Waals surface area contributed by atoms with Gasteiger partial charge in [-0.15, -0.1) is 0 Å². The van der Waals surface area contributed by atoms with Crippen LogP contribution in [0.1, 0.15) is 60.4 Å². The molecule has 3 aliphatic heterocycles. The van der Waals surface area contributed by atoms with Gasteiger partial charge in [0.2, 0.25) is 5.91 Å². The minimum absolute atomic E-state index is 0.00258. The van der Waals surface area contributed by atoms with E-state index in [4.69, 9.17) is 23.2 Å². The van der Waals surface area contributed by atoms with E-state index >= 15 is 0 Å². The summed E-state index contributed by atoms with van der Waals surface area (Å²) in [5.41, 5.74) is 1.66. The molecule has 42 heavy (non-hydrogen) atoms. The molecule has 226 valence electrons. The summed E-state index contributed by atoms with van der Waals surface area (Å²) in [4.78, 5) is 47.6. The lowest BCUT2D eigenvalue weighted by atomic mass is 9.90. The van der Waals surface area contributed by atoms with Crippen molar-refractivity contribution in [2.24, 2.45) is 5.92 Å². The Morgan fingerprint density at radius 2 is 1.76 bits per heavy atom. The van der Waals surface area contributed by atoms with Crippen LogP contribution in [0.2, 0.25) is 10.0 Å². The lowest BCUT2D eigenvalue weighted by Crippen LogP contribution is -2.60. The summed E-state index contributed by atoms with van der Waals surface area (Å²) in [6.45, 7) is 5.01. The molecule has 2 aromatic rings. The SMILES string of the molecule is CN(CC(CCN1CCC(C(=O)N2CCCC2)C[C@@H]1N1CCCNC1=O)c1ccc(Cl)c(Cl)c1)C(=O)c1ccccc1. The van der Waals surface area contributed by atoms with E-state index in [1.807, 2.05) is 65.4 Å². The number of halogens is 2. The van der Waals surface area contributed by atoms with Crippen molar-refractivity contribution in [2.45, 2.75) is 50.6 Å². The van der Waals surface area contributed by atoms with Crippen molar-refractivity contribution in [1.82, 2.24) is 24.9 Å². The van der Waals surface area contributed by atoms with Gasteiger partial charge in [-0.1, -0.05) is 47.5 Å². The first-order chi connectivity index (χ1) is 20.3. The smallest absolute Gasteiger partial charge is 0.318 e. The standard InChI is InChI=1S/C32H41Cl2N5O3/c1-36(30(40)23-8-3-2-4-9-23)22-26(24-10-11-27(33)28(34)20-24)13-19-37-18-12-25(31(41)38-15-5-6-16-38)21-29(37)39-17-7-14-35-32(39)42/h2-4,8-11,20,25-26,29H,5-7,12-19,21-22H2,1H3,(H,35,42)/t25?,26?,29-/m0/s1. The topological polar surface area (TPSA) is 76.2 Å². The van der Waals surface area contributed by atoms with E-state index < -0.39 is 0 Å². The maximum absolute atomic E-state index is 13.4. The highest BCUT2D eigenvalue weighted by Crippen LogP contribution is 2.32. The van der Waals surface area contributed by atoms with Crippen molar-refractivity contribution < 1.29 is 14.4 Å². The minimum Gasteiger partial charge on any atom is -0.342 e. The van der Waals surface area contributed by atoms with E-state index in [2.05, 4.69) is 10.2 Å². The molecule has 8 nitrogen and oxygen atoms in total. The Labute approximate surface area is 258 Å². The lowest BCUT2D eigenvalue weighted by molar-refractivity contribution is -0.138. The van der Waals surface area contributed by atoms with Gasteiger partial charge in [0.1, 0.15) is 0 Å². The molecule has 0 aliphatic carbocycles. The number of carbonyl (C=O) groups excluding carboxylic acids is 3. The van der Waals surface area contributed by atoms with Gasteiger partial charge in [-0.3, -0.25) is 14.5 Å². The molecule has 3 heterocycles. The number of likely N-dealkylation sites (N-methyl/N-ethyl adjacent to an activating group) is 1. The van der Waals surface area contributed by atoms with Gasteiger partial charge < -0.3 is 20.0 Å². The molecule has 0 aromatic heterocycles. The number of piperidine rings is 1. The van der Waals surface area contributed by atoms with Crippen LogP contribution in [0.25, 0.3) is 0 Å². The summed E-state index contributed by atoms with van der Waals surface area (Å²) >= 11 is 12.7. The molecule has 10 heteroatoms. The van der Waals surface area contributed by atoms with Crippen molar-refractivity contribution in [3.63, 3.8) is 0 Å². The number of benzene rings is 2. The minimum atomic E-state index is -0.145. The molecule has 3 fully saturated rings. The molecule has 2 aromatic carbocycles. The van der Waals surface area contributed by atoms with Crippen LogP contribution in [0.5, 0.6) is 0 Å². The van der Waals surface area contributed by atoms with Gasteiger partial charge in [0.25, 0.3) is 5.91 Å². The number of urea groups is 1. The van der Waals surface area contributed by atoms with Gasteiger partial charge in [-0.2, -0.15) is 0 Å². The fraction of sp³-hybridized carbons (Fsp3) is 0.531. The second-order valence-corrected chi connectivity index (χ2v) is 12.6. The average Bonchev–Trinajstić information content (AvgIpc) is 3.56. The highest BCUT2D eigenvalue weighted by Gasteiger charge is 2.40. The summed E-state index contributed by atoms with van der Waals surface area (Å²) in [5.74, 6) is 0.130. The van der Waals surface area contributed by atoms with Crippen molar-refractivity contribution in [3.05, 3.63) is 69.7 Å². The van der Waals surface area contributed by atoms with E-state index in [1.165, 1.54) is 0 Å². The molecular formula is C32H41Cl2N5O3. The third kappa shape index (κ3) is 7.21. The third-order valence-corrected chi connectivity index (χ3v) is 9.70. The van der Waals surface area contributed by atoms with E-state index in [0.717, 1.165) is 63.8 Å². The van der Waals surface area contributed by atoms with Crippen LogP contribution in [0.3, 0.4) is 0 Å². The summed E-state index contributed by atoms with van der Waals surface area (Å²) in [7, 11) is 1.83. The largest absolute Gasteiger partial charge is 0.342 e. The zero-order chi connectivity index (χ0) is 29.6. The van der Waals surface area contributed by atoms with Crippen LogP contribution in [0, 0.1) is 5.92 Å². The Kier molecular flexibility index (Phi) is 10.3. The van der Waals surface area contributed by atoms with E-state index in [-0.39, 0.29) is 35.8 Å². The zero-order valence-electron chi connectivity index (χ0n) is 24.3. The predicted octanol–water partition coefficient (Wildman–Crippen LogP) is 5.32. The number of hydrogen-bond donors (Lipinski definition) is 1. The summed E-state index contributed by atoms with van der Waals surface area (Å²) in [5, 5.41) is 3.98. The highest BCUT2D eigenvalue weighted by molar-refractivity contribution is 6.42. The fourth-order valence-electron chi connectivity index (χ4n) is 6.60. The molecular weight excluding hydrogens is 573 g/mol. The maximum atomic E-state index is 13.4. The quantitative estimate of drug-likeness (QED) is 0.415. The van der Waals surface area contributed by atoms with Crippen LogP contribution in [-0.2, 0) is 4.79 Å². The van der Waals surface area contributed by atoms with Crippen molar-refractivity contribution in [2.75, 3.05) is 52.9 Å². The first-order valence-electron chi connectivity index (χ1n) is 15.1. The summed E-state index contributed by atoms with van der Waals surface area (Å²) in [6.07, 6.45) is 5.06. The number of hydrogen-bond acceptors (Lipinski definition) is 4. The molecule has 3 saturated heterocycles. The predicted molar refractivity (Wildman–Crippen MR) is 166 cm³/mol. The molecule has 2 unspecified atom stereocenters. The van der Waals surface area contributed by atoms with Crippen LogP contribution in [0.15, 0.2) is 48.5 Å². The lowest BCUT2D eigenvalue weighted by Gasteiger charge is -2.46. The maximum Gasteiger partial charge on any atom is 0.318 e. The van der Waals surface area contributed by atoms with E-state index in [9.17, 15) is 14.4 Å². The van der Waals surface area contributed by atoms with Crippen LogP contribution in [-0.4, -0.2) is 96.5 Å². The highest BCUT2D eigenvalue weighted by atomic mass is 35.5. The Bertz CT molecular complexity index is 1260. The van der Waals surface area contributed by atoms with Gasteiger partial charge in [-0.05, 0) is 68.4 Å². The van der Waals surface area contributed by atoms with Gasteiger partial charge >= 0.3 is 6.03 Å². The Hall–Kier alpha value is -2.81. The number of carbonyl (C=O) groups is 3. The molecule has 0 bridgehead atoms. The third-order valence-electron chi connectivity index (χ3n) is 8.96. The molecule has 4 amide bonds. The van der Waals surface area contributed by atoms with Crippen LogP contribution in [0.4, 0.5) is 4.79 Å². The normalized spacial score (nSPS) is 22.1. The van der Waals surface area contributed by atoms with Crippen molar-refractivity contribution in [1.29, 1.82) is 0 Å². The van der Waals surface area contributed by atoms with Crippen LogP contribution >= 0.6 is 23.2 Å². The molecule has 1 N–H and O–H groups in total. The second kappa shape index (κ2) is 14.1. The Morgan fingerprint density at radius 3 is 2.48 bits per heavy atom. The van der Waals surface area contributed by atoms with E-state index in [0.29, 0.717) is 41.7 Å². The zero-order valence-corrected chi connectivity index (χ0v) is 25.8. The summed E-state index contributed by atoms with van der Waals surface area (Å²) in [6, 6.07) is 14.9. The monoisotopic (exact) mass is 613 g/mol. The number of nitrogens with zero attached hydrogens (tertiary/aromatic N) is 4. The van der Waals surface area contributed by atoms with Gasteiger partial charge in [0.05, 0.1) is 16.2 Å². The molecule has 0 saturated carbocycles. The first kappa shape index (κ1) is 30.6. The Morgan fingerprint density at radius 1 is 1.00 bits per heavy atom. The van der Waals surface area contributed by atoms with Crippen LogP contribution < -0.4 is 5.32 Å². The first-order valence-corrected chi connectivity index (χ1v) is 15.9. The van der Waals surface area contributed by atoms with Crippen molar-refractivity contribution >= 4 is 41.0 Å². The molecule has 3 atom stereocenters. The summed E-state index contributed by atoms with van der Waals surface area (Å²) < 4.78 is 0. The number of nitrogens with one attached hydrogen (secondary N) is 1. The number of amides is 4. The van der Waals surface area contributed by atoms with Crippen molar-refractivity contribution in [3.8, 4) is 0 Å². The number of likely N-dealkylation sites (tertiary alicyclic amines) is 2.